The molecular formula is C22H30N2O3. The molecule has 2 amide bonds. The normalized spacial score (nSPS) is 22.0. The van der Waals surface area contributed by atoms with E-state index in [1.165, 1.54) is 25.7 Å². The van der Waals surface area contributed by atoms with Gasteiger partial charge in [-0.1, -0.05) is 25.0 Å². The molecule has 0 bridgehead atoms. The highest BCUT2D eigenvalue weighted by atomic mass is 16.5. The fourth-order valence-corrected chi connectivity index (χ4v) is 4.52. The largest absolute Gasteiger partial charge is 0.375 e. The molecule has 0 N–H and O–H groups in total. The number of carbonyl (C=O) groups excluding carboxylic acids is 2. The first-order valence-electron chi connectivity index (χ1n) is 10.5. The van der Waals surface area contributed by atoms with Gasteiger partial charge >= 0.3 is 0 Å². The van der Waals surface area contributed by atoms with Crippen LogP contribution in [0.15, 0.2) is 24.3 Å². The Bertz CT molecular complexity index is 659. The van der Waals surface area contributed by atoms with Gasteiger partial charge in [-0.15, -0.1) is 0 Å². The molecule has 1 saturated carbocycles. The van der Waals surface area contributed by atoms with Gasteiger partial charge in [0.1, 0.15) is 0 Å². The van der Waals surface area contributed by atoms with Crippen LogP contribution in [0.4, 0.5) is 0 Å². The summed E-state index contributed by atoms with van der Waals surface area (Å²) < 4.78 is 6.20. The Hall–Kier alpha value is -1.88. The average Bonchev–Trinajstić information content (AvgIpc) is 3.35. The number of likely N-dealkylation sites (tertiary alicyclic amines) is 2. The number of nitrogens with zero attached hydrogens (tertiary/aromatic N) is 2. The third-order valence-corrected chi connectivity index (χ3v) is 6.16. The van der Waals surface area contributed by atoms with Gasteiger partial charge in [0.15, 0.2) is 0 Å². The molecule has 0 atom stereocenters. The van der Waals surface area contributed by atoms with Crippen molar-refractivity contribution in [3.8, 4) is 0 Å². The van der Waals surface area contributed by atoms with E-state index >= 15 is 0 Å². The van der Waals surface area contributed by atoms with Gasteiger partial charge < -0.3 is 14.5 Å². The molecule has 2 aliphatic heterocycles. The monoisotopic (exact) mass is 370 g/mol. The zero-order valence-electron chi connectivity index (χ0n) is 16.1. The van der Waals surface area contributed by atoms with Crippen LogP contribution in [0.1, 0.15) is 67.3 Å². The molecule has 0 aromatic heterocycles. The summed E-state index contributed by atoms with van der Waals surface area (Å²) in [5, 5.41) is 0. The van der Waals surface area contributed by atoms with Crippen molar-refractivity contribution in [2.24, 2.45) is 0 Å². The lowest BCUT2D eigenvalue weighted by Gasteiger charge is -2.33. The number of amides is 2. The number of ether oxygens (including phenoxy) is 1. The lowest BCUT2D eigenvalue weighted by Crippen LogP contribution is -2.41. The second-order valence-electron chi connectivity index (χ2n) is 8.15. The van der Waals surface area contributed by atoms with Crippen LogP contribution >= 0.6 is 0 Å². The number of piperidine rings is 1. The van der Waals surface area contributed by atoms with Gasteiger partial charge in [0.2, 0.25) is 5.91 Å². The van der Waals surface area contributed by atoms with Gasteiger partial charge in [0.05, 0.1) is 12.2 Å². The van der Waals surface area contributed by atoms with Crippen LogP contribution in [0.25, 0.3) is 0 Å². The summed E-state index contributed by atoms with van der Waals surface area (Å²) in [6.07, 6.45) is 9.27. The molecular weight excluding hydrogens is 340 g/mol. The number of hydrogen-bond acceptors (Lipinski definition) is 3. The average molecular weight is 370 g/mol. The SMILES string of the molecule is O=C1CCCN1Cc1ccc(C(=O)N2CCC(OC3CCCC3)CC2)cc1. The van der Waals surface area contributed by atoms with Gasteiger partial charge in [-0.25, -0.2) is 0 Å². The molecule has 1 aromatic carbocycles. The van der Waals surface area contributed by atoms with Crippen LogP contribution in [0.2, 0.25) is 0 Å². The van der Waals surface area contributed by atoms with Crippen LogP contribution in [-0.4, -0.2) is 53.5 Å². The zero-order valence-corrected chi connectivity index (χ0v) is 16.1. The highest BCUT2D eigenvalue weighted by molar-refractivity contribution is 5.94. The molecule has 0 radical (unpaired) electrons. The Morgan fingerprint density at radius 1 is 0.926 bits per heavy atom. The zero-order chi connectivity index (χ0) is 18.6. The number of carbonyl (C=O) groups is 2. The van der Waals surface area contributed by atoms with Crippen molar-refractivity contribution >= 4 is 11.8 Å². The first-order valence-corrected chi connectivity index (χ1v) is 10.5. The number of hydrogen-bond donors (Lipinski definition) is 0. The minimum absolute atomic E-state index is 0.109. The molecule has 1 aliphatic carbocycles. The lowest BCUT2D eigenvalue weighted by atomic mass is 10.0. The summed E-state index contributed by atoms with van der Waals surface area (Å²) in [4.78, 5) is 28.4. The second-order valence-corrected chi connectivity index (χ2v) is 8.15. The quantitative estimate of drug-likeness (QED) is 0.798. The highest BCUT2D eigenvalue weighted by Gasteiger charge is 2.27. The number of rotatable bonds is 5. The van der Waals surface area contributed by atoms with Crippen LogP contribution < -0.4 is 0 Å². The maximum Gasteiger partial charge on any atom is 0.253 e. The van der Waals surface area contributed by atoms with Crippen LogP contribution in [0.3, 0.4) is 0 Å². The van der Waals surface area contributed by atoms with Crippen molar-refractivity contribution in [2.75, 3.05) is 19.6 Å². The molecule has 2 heterocycles. The van der Waals surface area contributed by atoms with E-state index in [1.807, 2.05) is 34.1 Å². The first-order chi connectivity index (χ1) is 13.2. The minimum atomic E-state index is 0.109. The van der Waals surface area contributed by atoms with Crippen molar-refractivity contribution in [1.29, 1.82) is 0 Å². The first kappa shape index (κ1) is 18.5. The Kier molecular flexibility index (Phi) is 5.77. The Balaban J connectivity index is 1.27. The van der Waals surface area contributed by atoms with E-state index in [1.54, 1.807) is 0 Å². The second kappa shape index (κ2) is 8.42. The van der Waals surface area contributed by atoms with Crippen molar-refractivity contribution in [3.63, 3.8) is 0 Å². The van der Waals surface area contributed by atoms with Crippen LogP contribution in [-0.2, 0) is 16.1 Å². The molecule has 27 heavy (non-hydrogen) atoms. The minimum Gasteiger partial charge on any atom is -0.375 e. The fourth-order valence-electron chi connectivity index (χ4n) is 4.52. The van der Waals surface area contributed by atoms with Gasteiger partial charge in [-0.05, 0) is 49.8 Å². The molecule has 0 spiro atoms. The lowest BCUT2D eigenvalue weighted by molar-refractivity contribution is -0.128. The van der Waals surface area contributed by atoms with Crippen molar-refractivity contribution < 1.29 is 14.3 Å². The van der Waals surface area contributed by atoms with Crippen molar-refractivity contribution in [2.45, 2.75) is 70.1 Å². The molecule has 3 aliphatic rings. The smallest absolute Gasteiger partial charge is 0.253 e. The Morgan fingerprint density at radius 3 is 2.22 bits per heavy atom. The highest BCUT2D eigenvalue weighted by Crippen LogP contribution is 2.26. The Morgan fingerprint density at radius 2 is 1.59 bits per heavy atom. The molecule has 1 aromatic rings. The third kappa shape index (κ3) is 4.52. The van der Waals surface area contributed by atoms with Crippen molar-refractivity contribution in [1.82, 2.24) is 9.80 Å². The van der Waals surface area contributed by atoms with Crippen LogP contribution in [0, 0.1) is 0 Å². The molecule has 146 valence electrons. The summed E-state index contributed by atoms with van der Waals surface area (Å²) >= 11 is 0. The molecule has 2 saturated heterocycles. The number of benzene rings is 1. The molecule has 3 fully saturated rings. The van der Waals surface area contributed by atoms with E-state index in [9.17, 15) is 9.59 Å². The maximum absolute atomic E-state index is 12.8. The van der Waals surface area contributed by atoms with E-state index in [4.69, 9.17) is 4.74 Å². The van der Waals surface area contributed by atoms with Gasteiger partial charge in [-0.3, -0.25) is 9.59 Å². The van der Waals surface area contributed by atoms with E-state index in [0.717, 1.165) is 50.0 Å². The summed E-state index contributed by atoms with van der Waals surface area (Å²) in [5.74, 6) is 0.343. The molecule has 5 nitrogen and oxygen atoms in total. The van der Waals surface area contributed by atoms with Gasteiger partial charge in [0, 0.05) is 38.2 Å². The van der Waals surface area contributed by atoms with E-state index in [0.29, 0.717) is 25.2 Å². The fraction of sp³-hybridized carbons (Fsp3) is 0.636. The van der Waals surface area contributed by atoms with E-state index < -0.39 is 0 Å². The summed E-state index contributed by atoms with van der Waals surface area (Å²) in [7, 11) is 0. The van der Waals surface area contributed by atoms with E-state index in [2.05, 4.69) is 0 Å². The van der Waals surface area contributed by atoms with Gasteiger partial charge in [-0.2, -0.15) is 0 Å². The molecule has 0 unspecified atom stereocenters. The molecule has 4 rings (SSSR count). The summed E-state index contributed by atoms with van der Waals surface area (Å²) in [6.45, 7) is 3.05. The molecule has 5 heteroatoms. The Labute approximate surface area is 161 Å². The van der Waals surface area contributed by atoms with Crippen molar-refractivity contribution in [3.05, 3.63) is 35.4 Å². The van der Waals surface area contributed by atoms with E-state index in [-0.39, 0.29) is 11.8 Å². The summed E-state index contributed by atoms with van der Waals surface area (Å²) in [6, 6.07) is 7.77. The predicted molar refractivity (Wildman–Crippen MR) is 103 cm³/mol. The standard InChI is InChI=1S/C22H30N2O3/c25-21-6-3-13-24(21)16-17-7-9-18(10-8-17)22(26)23-14-11-20(12-15-23)27-19-4-1-2-5-19/h7-10,19-20H,1-6,11-16H2. The summed E-state index contributed by atoms with van der Waals surface area (Å²) in [5.41, 5.74) is 1.83. The topological polar surface area (TPSA) is 49.9 Å². The maximum atomic E-state index is 12.8. The van der Waals surface area contributed by atoms with Crippen LogP contribution in [0.5, 0.6) is 0 Å². The van der Waals surface area contributed by atoms with Gasteiger partial charge in [0.25, 0.3) is 5.91 Å². The third-order valence-electron chi connectivity index (χ3n) is 6.16. The predicted octanol–water partition coefficient (Wildman–Crippen LogP) is 3.37.